The number of carbonyl (C=O) groups is 1. The van der Waals surface area contributed by atoms with E-state index in [9.17, 15) is 23.5 Å². The second-order valence-corrected chi connectivity index (χ2v) is 8.82. The van der Waals surface area contributed by atoms with E-state index in [1.165, 1.54) is 6.07 Å². The number of likely N-dealkylation sites (N-methyl/N-ethyl adjacent to an activating group) is 1. The molecule has 6 nitrogen and oxygen atoms in total. The van der Waals surface area contributed by atoms with Gasteiger partial charge in [0.25, 0.3) is 0 Å². The monoisotopic (exact) mass is 493 g/mol. The number of benzene rings is 3. The van der Waals surface area contributed by atoms with E-state index < -0.39 is 34.4 Å². The van der Waals surface area contributed by atoms with Gasteiger partial charge in [-0.25, -0.2) is 18.0 Å². The second-order valence-electron chi connectivity index (χ2n) is 8.82. The van der Waals surface area contributed by atoms with Crippen LogP contribution in [-0.4, -0.2) is 47.2 Å². The molecular formula is C27H22F3N3O3. The Kier molecular flexibility index (Phi) is 6.01. The SMILES string of the molecule is CN1CCN(c2cc3c(cc2F)c(=O)c(C(=O)O)cn3-c2ccc(F)cc2F)CC1c1ccccc1. The van der Waals surface area contributed by atoms with Crippen LogP contribution in [0.5, 0.6) is 0 Å². The standard InChI is InChI=1S/C27H22F3N3O3/c1-31-9-10-32(15-25(31)16-5-3-2-4-6-16)24-13-23-18(12-21(24)30)26(34)19(27(35)36)14-33(23)22-8-7-17(28)11-20(22)29/h2-8,11-14,25H,9-10,15H2,1H3,(H,35,36). The van der Waals surface area contributed by atoms with Crippen LogP contribution in [0.2, 0.25) is 0 Å². The van der Waals surface area contributed by atoms with Crippen molar-refractivity contribution >= 4 is 22.6 Å². The molecule has 0 radical (unpaired) electrons. The number of aromatic nitrogens is 1. The Morgan fingerprint density at radius 3 is 2.36 bits per heavy atom. The third-order valence-corrected chi connectivity index (χ3v) is 6.64. The van der Waals surface area contributed by atoms with Gasteiger partial charge in [-0.05, 0) is 36.9 Å². The van der Waals surface area contributed by atoms with Crippen molar-refractivity contribution < 1.29 is 23.1 Å². The fraction of sp³-hybridized carbons (Fsp3) is 0.185. The maximum absolute atomic E-state index is 15.4. The number of carboxylic acid groups (broad SMARTS) is 1. The summed E-state index contributed by atoms with van der Waals surface area (Å²) in [7, 11) is 1.99. The fourth-order valence-electron chi connectivity index (χ4n) is 4.73. The fourth-order valence-corrected chi connectivity index (χ4v) is 4.73. The summed E-state index contributed by atoms with van der Waals surface area (Å²) in [6, 6.07) is 15.0. The predicted molar refractivity (Wildman–Crippen MR) is 130 cm³/mol. The van der Waals surface area contributed by atoms with E-state index in [4.69, 9.17) is 0 Å². The van der Waals surface area contributed by atoms with Crippen molar-refractivity contribution in [3.63, 3.8) is 0 Å². The highest BCUT2D eigenvalue weighted by atomic mass is 19.1. The summed E-state index contributed by atoms with van der Waals surface area (Å²) in [5.41, 5.74) is -0.314. The molecule has 0 saturated carbocycles. The summed E-state index contributed by atoms with van der Waals surface area (Å²) in [5, 5.41) is 9.31. The minimum atomic E-state index is -1.53. The van der Waals surface area contributed by atoms with Crippen LogP contribution >= 0.6 is 0 Å². The first-order valence-electron chi connectivity index (χ1n) is 11.3. The Bertz CT molecular complexity index is 1540. The van der Waals surface area contributed by atoms with E-state index in [1.54, 1.807) is 0 Å². The summed E-state index contributed by atoms with van der Waals surface area (Å²) < 4.78 is 44.9. The van der Waals surface area contributed by atoms with Crippen LogP contribution in [0, 0.1) is 17.5 Å². The van der Waals surface area contributed by atoms with Crippen molar-refractivity contribution in [1.29, 1.82) is 0 Å². The van der Waals surface area contributed by atoms with Gasteiger partial charge >= 0.3 is 5.97 Å². The van der Waals surface area contributed by atoms with E-state index >= 15 is 4.39 Å². The van der Waals surface area contributed by atoms with Gasteiger partial charge < -0.3 is 14.6 Å². The van der Waals surface area contributed by atoms with Crippen LogP contribution < -0.4 is 10.3 Å². The third-order valence-electron chi connectivity index (χ3n) is 6.64. The Labute approximate surface area is 204 Å². The van der Waals surface area contributed by atoms with Crippen LogP contribution in [0.4, 0.5) is 18.9 Å². The van der Waals surface area contributed by atoms with E-state index in [2.05, 4.69) is 4.90 Å². The molecule has 184 valence electrons. The molecule has 1 N–H and O–H groups in total. The number of aromatic carboxylic acids is 1. The number of rotatable bonds is 4. The largest absolute Gasteiger partial charge is 0.477 e. The quantitative estimate of drug-likeness (QED) is 0.450. The molecule has 0 bridgehead atoms. The molecule has 4 aromatic rings. The van der Waals surface area contributed by atoms with Gasteiger partial charge in [-0.1, -0.05) is 30.3 Å². The van der Waals surface area contributed by atoms with Gasteiger partial charge in [0, 0.05) is 37.3 Å². The van der Waals surface area contributed by atoms with Crippen LogP contribution in [0.15, 0.2) is 71.7 Å². The van der Waals surface area contributed by atoms with E-state index in [0.717, 1.165) is 34.5 Å². The Morgan fingerprint density at radius 1 is 0.944 bits per heavy atom. The molecule has 2 heterocycles. The van der Waals surface area contributed by atoms with E-state index in [1.807, 2.05) is 42.3 Å². The molecule has 1 saturated heterocycles. The van der Waals surface area contributed by atoms with Crippen molar-refractivity contribution in [3.8, 4) is 5.69 Å². The number of carboxylic acids is 1. The van der Waals surface area contributed by atoms with Crippen LogP contribution in [0.3, 0.4) is 0 Å². The third kappa shape index (κ3) is 4.11. The summed E-state index contributed by atoms with van der Waals surface area (Å²) in [4.78, 5) is 28.6. The zero-order valence-corrected chi connectivity index (χ0v) is 19.3. The van der Waals surface area contributed by atoms with Crippen LogP contribution in [0.25, 0.3) is 16.6 Å². The Hall–Kier alpha value is -4.11. The summed E-state index contributed by atoms with van der Waals surface area (Å²) in [5.74, 6) is -3.99. The van der Waals surface area contributed by atoms with Crippen molar-refractivity contribution in [1.82, 2.24) is 9.47 Å². The topological polar surface area (TPSA) is 65.8 Å². The number of pyridine rings is 1. The number of halogens is 3. The minimum Gasteiger partial charge on any atom is -0.477 e. The molecule has 1 unspecified atom stereocenters. The lowest BCUT2D eigenvalue weighted by Crippen LogP contribution is -2.47. The Morgan fingerprint density at radius 2 is 1.67 bits per heavy atom. The van der Waals surface area contributed by atoms with Crippen molar-refractivity contribution in [2.24, 2.45) is 0 Å². The summed E-state index contributed by atoms with van der Waals surface area (Å²) in [6.45, 7) is 1.62. The molecule has 9 heteroatoms. The van der Waals surface area contributed by atoms with E-state index in [-0.39, 0.29) is 28.3 Å². The number of anilines is 1. The maximum Gasteiger partial charge on any atom is 0.341 e. The molecule has 1 aliphatic heterocycles. The highest BCUT2D eigenvalue weighted by Crippen LogP contribution is 2.32. The predicted octanol–water partition coefficient (Wildman–Crippen LogP) is 4.60. The molecule has 5 rings (SSSR count). The number of piperazine rings is 1. The first-order valence-corrected chi connectivity index (χ1v) is 11.3. The lowest BCUT2D eigenvalue weighted by atomic mass is 10.0. The average molecular weight is 493 g/mol. The second kappa shape index (κ2) is 9.16. The zero-order valence-electron chi connectivity index (χ0n) is 19.3. The average Bonchev–Trinajstić information content (AvgIpc) is 2.85. The number of hydrogen-bond donors (Lipinski definition) is 1. The normalized spacial score (nSPS) is 16.4. The summed E-state index contributed by atoms with van der Waals surface area (Å²) in [6.07, 6.45) is 0.988. The first kappa shape index (κ1) is 23.6. The molecule has 1 aromatic heterocycles. The maximum atomic E-state index is 15.4. The lowest BCUT2D eigenvalue weighted by molar-refractivity contribution is 0.0695. The number of nitrogens with zero attached hydrogens (tertiary/aromatic N) is 3. The summed E-state index contributed by atoms with van der Waals surface area (Å²) >= 11 is 0. The van der Waals surface area contributed by atoms with Gasteiger partial charge in [0.2, 0.25) is 5.43 Å². The van der Waals surface area contributed by atoms with Gasteiger partial charge in [0.05, 0.1) is 22.9 Å². The van der Waals surface area contributed by atoms with Crippen molar-refractivity contribution in [3.05, 3.63) is 106 Å². The van der Waals surface area contributed by atoms with Crippen LogP contribution in [0.1, 0.15) is 22.0 Å². The van der Waals surface area contributed by atoms with Crippen molar-refractivity contribution in [2.45, 2.75) is 6.04 Å². The highest BCUT2D eigenvalue weighted by molar-refractivity contribution is 5.94. The van der Waals surface area contributed by atoms with Gasteiger partial charge in [0.15, 0.2) is 0 Å². The van der Waals surface area contributed by atoms with Gasteiger partial charge in [-0.2, -0.15) is 0 Å². The molecule has 1 aliphatic rings. The lowest BCUT2D eigenvalue weighted by Gasteiger charge is -2.41. The van der Waals surface area contributed by atoms with Gasteiger partial charge in [-0.15, -0.1) is 0 Å². The molecule has 1 fully saturated rings. The van der Waals surface area contributed by atoms with Gasteiger partial charge in [0.1, 0.15) is 23.0 Å². The van der Waals surface area contributed by atoms with E-state index in [0.29, 0.717) is 25.7 Å². The highest BCUT2D eigenvalue weighted by Gasteiger charge is 2.28. The van der Waals surface area contributed by atoms with Gasteiger partial charge in [-0.3, -0.25) is 9.69 Å². The molecule has 1 atom stereocenters. The first-order chi connectivity index (χ1) is 17.2. The zero-order chi connectivity index (χ0) is 25.6. The molecule has 0 amide bonds. The Balaban J connectivity index is 1.69. The molecule has 36 heavy (non-hydrogen) atoms. The minimum absolute atomic E-state index is 0.0128. The number of hydrogen-bond acceptors (Lipinski definition) is 4. The molecular weight excluding hydrogens is 471 g/mol. The van der Waals surface area contributed by atoms with Crippen molar-refractivity contribution in [2.75, 3.05) is 31.6 Å². The number of fused-ring (bicyclic) bond motifs is 1. The molecule has 0 aliphatic carbocycles. The molecule has 3 aromatic carbocycles. The van der Waals surface area contributed by atoms with Crippen LogP contribution in [-0.2, 0) is 0 Å². The smallest absolute Gasteiger partial charge is 0.341 e. The molecule has 0 spiro atoms.